The minimum atomic E-state index is -0.369. The van der Waals surface area contributed by atoms with Gasteiger partial charge in [0, 0.05) is 11.5 Å². The number of hydrogen-bond donors (Lipinski definition) is 1. The number of alkyl carbamates (subject to hydrolysis) is 1. The molecule has 1 saturated carbocycles. The van der Waals surface area contributed by atoms with Gasteiger partial charge in [0.2, 0.25) is 0 Å². The maximum absolute atomic E-state index is 11.7. The summed E-state index contributed by atoms with van der Waals surface area (Å²) >= 11 is 0. The molecule has 0 aliphatic heterocycles. The third-order valence-corrected chi connectivity index (χ3v) is 3.59. The number of carbonyl (C=O) groups excluding carboxylic acids is 1. The SMILES string of the molecule is CC(C)OC(=O)NC1CC(C)(C)CC(C)(COC#N)C1. The number of nitriles is 1. The maximum atomic E-state index is 11.7. The number of nitrogens with zero attached hydrogens (tertiary/aromatic N) is 1. The molecule has 0 aromatic carbocycles. The summed E-state index contributed by atoms with van der Waals surface area (Å²) < 4.78 is 10.1. The monoisotopic (exact) mass is 282 g/mol. The summed E-state index contributed by atoms with van der Waals surface area (Å²) in [5.74, 6) is 0. The summed E-state index contributed by atoms with van der Waals surface area (Å²) in [5, 5.41) is 11.5. The second-order valence-corrected chi connectivity index (χ2v) is 7.24. The summed E-state index contributed by atoms with van der Waals surface area (Å²) in [6.45, 7) is 10.5. The van der Waals surface area contributed by atoms with Gasteiger partial charge >= 0.3 is 6.09 Å². The summed E-state index contributed by atoms with van der Waals surface area (Å²) in [5.41, 5.74) is -0.00511. The van der Waals surface area contributed by atoms with Crippen molar-refractivity contribution in [3.8, 4) is 6.26 Å². The van der Waals surface area contributed by atoms with E-state index in [0.29, 0.717) is 6.61 Å². The van der Waals surface area contributed by atoms with Crippen molar-refractivity contribution < 1.29 is 14.3 Å². The van der Waals surface area contributed by atoms with Gasteiger partial charge in [-0.15, -0.1) is 0 Å². The quantitative estimate of drug-likeness (QED) is 0.804. The summed E-state index contributed by atoms with van der Waals surface area (Å²) in [6.07, 6.45) is 3.92. The Morgan fingerprint density at radius 3 is 2.60 bits per heavy atom. The number of nitrogens with one attached hydrogen (secondary N) is 1. The molecule has 0 aromatic rings. The van der Waals surface area contributed by atoms with E-state index in [1.807, 2.05) is 13.8 Å². The molecule has 1 aliphatic rings. The van der Waals surface area contributed by atoms with Crippen LogP contribution in [0, 0.1) is 22.3 Å². The van der Waals surface area contributed by atoms with Gasteiger partial charge in [0.05, 0.1) is 6.10 Å². The average molecular weight is 282 g/mol. The molecule has 1 amide bonds. The van der Waals surface area contributed by atoms with Crippen molar-refractivity contribution in [1.82, 2.24) is 5.32 Å². The van der Waals surface area contributed by atoms with Crippen LogP contribution >= 0.6 is 0 Å². The van der Waals surface area contributed by atoms with E-state index < -0.39 is 0 Å². The van der Waals surface area contributed by atoms with Crippen molar-refractivity contribution in [2.75, 3.05) is 6.61 Å². The normalized spacial score (nSPS) is 28.6. The van der Waals surface area contributed by atoms with E-state index in [2.05, 4.69) is 26.1 Å². The Morgan fingerprint density at radius 2 is 2.05 bits per heavy atom. The lowest BCUT2D eigenvalue weighted by atomic mass is 9.63. The maximum Gasteiger partial charge on any atom is 0.407 e. The lowest BCUT2D eigenvalue weighted by Gasteiger charge is -2.45. The van der Waals surface area contributed by atoms with Gasteiger partial charge in [-0.3, -0.25) is 0 Å². The molecule has 20 heavy (non-hydrogen) atoms. The third kappa shape index (κ3) is 5.28. The molecule has 0 aromatic heterocycles. The van der Waals surface area contributed by atoms with Crippen LogP contribution in [0.4, 0.5) is 4.79 Å². The first-order valence-corrected chi connectivity index (χ1v) is 7.14. The Morgan fingerprint density at radius 1 is 1.40 bits per heavy atom. The van der Waals surface area contributed by atoms with Gasteiger partial charge in [0.15, 0.2) is 0 Å². The van der Waals surface area contributed by atoms with Crippen LogP contribution in [-0.2, 0) is 9.47 Å². The number of ether oxygens (including phenoxy) is 2. The van der Waals surface area contributed by atoms with Crippen molar-refractivity contribution in [3.63, 3.8) is 0 Å². The van der Waals surface area contributed by atoms with Crippen LogP contribution in [0.2, 0.25) is 0 Å². The van der Waals surface area contributed by atoms with Gasteiger partial charge < -0.3 is 14.8 Å². The fourth-order valence-electron chi connectivity index (χ4n) is 3.47. The van der Waals surface area contributed by atoms with Crippen molar-refractivity contribution in [1.29, 1.82) is 5.26 Å². The fraction of sp³-hybridized carbons (Fsp3) is 0.867. The zero-order chi connectivity index (χ0) is 15.4. The van der Waals surface area contributed by atoms with E-state index in [9.17, 15) is 4.79 Å². The van der Waals surface area contributed by atoms with Crippen LogP contribution in [0.25, 0.3) is 0 Å². The predicted molar refractivity (Wildman–Crippen MR) is 75.8 cm³/mol. The number of carbonyl (C=O) groups is 1. The number of rotatable bonds is 4. The van der Waals surface area contributed by atoms with Gasteiger partial charge in [-0.1, -0.05) is 20.8 Å². The van der Waals surface area contributed by atoms with Gasteiger partial charge in [-0.25, -0.2) is 4.79 Å². The van der Waals surface area contributed by atoms with Crippen molar-refractivity contribution in [2.24, 2.45) is 10.8 Å². The Bertz CT molecular complexity index is 387. The van der Waals surface area contributed by atoms with Crippen LogP contribution in [0.15, 0.2) is 0 Å². The van der Waals surface area contributed by atoms with Gasteiger partial charge in [0.25, 0.3) is 6.26 Å². The molecule has 1 N–H and O–H groups in total. The van der Waals surface area contributed by atoms with Crippen LogP contribution in [0.5, 0.6) is 0 Å². The fourth-order valence-corrected chi connectivity index (χ4v) is 3.47. The van der Waals surface area contributed by atoms with E-state index in [1.54, 1.807) is 6.26 Å². The van der Waals surface area contributed by atoms with Gasteiger partial charge in [-0.05, 0) is 38.5 Å². The molecule has 0 heterocycles. The second-order valence-electron chi connectivity index (χ2n) is 7.24. The molecule has 0 radical (unpaired) electrons. The Hall–Kier alpha value is -1.44. The topological polar surface area (TPSA) is 71.3 Å². The molecule has 2 unspecified atom stereocenters. The molecule has 1 aliphatic carbocycles. The van der Waals surface area contributed by atoms with Gasteiger partial charge in [0.1, 0.15) is 6.61 Å². The summed E-state index contributed by atoms with van der Waals surface area (Å²) in [4.78, 5) is 11.7. The molecular formula is C15H26N2O3. The third-order valence-electron chi connectivity index (χ3n) is 3.59. The van der Waals surface area contributed by atoms with Crippen LogP contribution in [0.3, 0.4) is 0 Å². The smallest absolute Gasteiger partial charge is 0.407 e. The van der Waals surface area contributed by atoms with Crippen molar-refractivity contribution in [3.05, 3.63) is 0 Å². The number of amides is 1. The molecule has 114 valence electrons. The first kappa shape index (κ1) is 16.6. The zero-order valence-electron chi connectivity index (χ0n) is 13.2. The molecule has 0 saturated heterocycles. The van der Waals surface area contributed by atoms with E-state index in [0.717, 1.165) is 19.3 Å². The molecule has 2 atom stereocenters. The number of hydrogen-bond acceptors (Lipinski definition) is 4. The van der Waals surface area contributed by atoms with E-state index >= 15 is 0 Å². The van der Waals surface area contributed by atoms with E-state index in [4.69, 9.17) is 14.7 Å². The lowest BCUT2D eigenvalue weighted by molar-refractivity contribution is 0.0182. The van der Waals surface area contributed by atoms with Gasteiger partial charge in [-0.2, -0.15) is 5.26 Å². The summed E-state index contributed by atoms with van der Waals surface area (Å²) in [7, 11) is 0. The van der Waals surface area contributed by atoms with Crippen LogP contribution in [-0.4, -0.2) is 24.8 Å². The first-order chi connectivity index (χ1) is 9.16. The minimum Gasteiger partial charge on any atom is -0.447 e. The molecule has 0 spiro atoms. The Labute approximate surface area is 121 Å². The molecular weight excluding hydrogens is 256 g/mol. The standard InChI is InChI=1S/C15H26N2O3/c1-11(2)20-13(18)17-12-6-14(3,4)8-15(5,7-12)9-19-10-16/h11-12H,6-9H2,1-5H3,(H,17,18). The first-order valence-electron chi connectivity index (χ1n) is 7.14. The Kier molecular flexibility index (Phi) is 5.27. The molecule has 1 rings (SSSR count). The molecule has 5 heteroatoms. The van der Waals surface area contributed by atoms with Crippen LogP contribution in [0.1, 0.15) is 53.9 Å². The van der Waals surface area contributed by atoms with E-state index in [-0.39, 0.29) is 29.1 Å². The van der Waals surface area contributed by atoms with Crippen molar-refractivity contribution in [2.45, 2.75) is 66.0 Å². The Balaban J connectivity index is 2.67. The van der Waals surface area contributed by atoms with Crippen LogP contribution < -0.4 is 5.32 Å². The molecule has 5 nitrogen and oxygen atoms in total. The average Bonchev–Trinajstić information content (AvgIpc) is 2.22. The lowest BCUT2D eigenvalue weighted by Crippen LogP contribution is -2.48. The highest BCUT2D eigenvalue weighted by Gasteiger charge is 2.42. The predicted octanol–water partition coefficient (Wildman–Crippen LogP) is 3.20. The highest BCUT2D eigenvalue weighted by molar-refractivity contribution is 5.67. The second kappa shape index (κ2) is 6.34. The summed E-state index contributed by atoms with van der Waals surface area (Å²) in [6, 6.07) is 0.0530. The van der Waals surface area contributed by atoms with Crippen molar-refractivity contribution >= 4 is 6.09 Å². The minimum absolute atomic E-state index is 0.0530. The highest BCUT2D eigenvalue weighted by atomic mass is 16.6. The molecule has 0 bridgehead atoms. The highest BCUT2D eigenvalue weighted by Crippen LogP contribution is 2.46. The largest absolute Gasteiger partial charge is 0.447 e. The zero-order valence-corrected chi connectivity index (χ0v) is 13.2. The van der Waals surface area contributed by atoms with E-state index in [1.165, 1.54) is 0 Å². The molecule has 1 fully saturated rings.